The largest absolute Gasteiger partial charge is 0.494 e. The number of nitrogens with one attached hydrogen (secondary N) is 1. The third-order valence-electron chi connectivity index (χ3n) is 4.60. The number of rotatable bonds is 7. The molecule has 1 N–H and O–H groups in total. The summed E-state index contributed by atoms with van der Waals surface area (Å²) in [5.74, 6) is 0.273. The van der Waals surface area contributed by atoms with Gasteiger partial charge in [-0.1, -0.05) is 13.8 Å². The summed E-state index contributed by atoms with van der Waals surface area (Å²) in [6, 6.07) is 2.50. The van der Waals surface area contributed by atoms with E-state index in [-0.39, 0.29) is 16.7 Å². The average molecular weight is 399 g/mol. The van der Waals surface area contributed by atoms with Crippen molar-refractivity contribution in [3.63, 3.8) is 0 Å². The van der Waals surface area contributed by atoms with Crippen LogP contribution >= 0.6 is 0 Å². The second-order valence-electron chi connectivity index (χ2n) is 7.10. The zero-order valence-corrected chi connectivity index (χ0v) is 17.6. The number of benzene rings is 1. The van der Waals surface area contributed by atoms with Gasteiger partial charge in [0.1, 0.15) is 11.8 Å². The van der Waals surface area contributed by atoms with E-state index in [1.807, 2.05) is 27.7 Å². The normalized spacial score (nSPS) is 16.4. The number of ether oxygens (including phenoxy) is 2. The van der Waals surface area contributed by atoms with Crippen molar-refractivity contribution >= 4 is 15.9 Å². The summed E-state index contributed by atoms with van der Waals surface area (Å²) in [4.78, 5) is 14.7. The molecule has 0 saturated carbocycles. The number of aryl methyl sites for hydroxylation is 2. The molecule has 8 heteroatoms. The van der Waals surface area contributed by atoms with Gasteiger partial charge in [-0.05, 0) is 49.9 Å². The van der Waals surface area contributed by atoms with Gasteiger partial charge in [0, 0.05) is 13.1 Å². The lowest BCUT2D eigenvalue weighted by Gasteiger charge is -2.32. The van der Waals surface area contributed by atoms with Crippen molar-refractivity contribution in [3.05, 3.63) is 23.3 Å². The van der Waals surface area contributed by atoms with E-state index in [4.69, 9.17) is 9.47 Å². The van der Waals surface area contributed by atoms with E-state index in [9.17, 15) is 13.2 Å². The molecular weight excluding hydrogens is 368 g/mol. The number of amides is 1. The molecule has 1 aromatic carbocycles. The molecule has 7 nitrogen and oxygen atoms in total. The van der Waals surface area contributed by atoms with Crippen LogP contribution in [-0.2, 0) is 19.6 Å². The summed E-state index contributed by atoms with van der Waals surface area (Å²) in [5, 5.41) is 0. The molecule has 0 bridgehead atoms. The van der Waals surface area contributed by atoms with Crippen molar-refractivity contribution < 1.29 is 22.7 Å². The van der Waals surface area contributed by atoms with Crippen LogP contribution in [-0.4, -0.2) is 58.2 Å². The van der Waals surface area contributed by atoms with Crippen molar-refractivity contribution in [1.29, 1.82) is 0 Å². The van der Waals surface area contributed by atoms with Crippen molar-refractivity contribution in [2.24, 2.45) is 5.92 Å². The molecule has 1 atom stereocenters. The van der Waals surface area contributed by atoms with Crippen LogP contribution in [0.1, 0.15) is 31.9 Å². The van der Waals surface area contributed by atoms with Gasteiger partial charge in [0.05, 0.1) is 24.7 Å². The zero-order valence-electron chi connectivity index (χ0n) is 16.7. The summed E-state index contributed by atoms with van der Waals surface area (Å²) in [7, 11) is -3.86. The first-order valence-corrected chi connectivity index (χ1v) is 10.8. The molecule has 0 aromatic heterocycles. The standard InChI is InChI=1S/C19H30N2O5S/c1-6-26-16-11-15(5)17(12-14(16)4)27(23,24)20-18(13(2)3)19(22)21-7-9-25-10-8-21/h11-13,18,20H,6-10H2,1-5H3/t18-/m1/s1. The molecule has 1 fully saturated rings. The van der Waals surface area contributed by atoms with Crippen LogP contribution in [0.5, 0.6) is 5.75 Å². The van der Waals surface area contributed by atoms with Gasteiger partial charge in [-0.3, -0.25) is 4.79 Å². The van der Waals surface area contributed by atoms with Crippen LogP contribution in [0.3, 0.4) is 0 Å². The summed E-state index contributed by atoms with van der Waals surface area (Å²) in [6.45, 7) is 11.5. The van der Waals surface area contributed by atoms with Gasteiger partial charge in [-0.2, -0.15) is 4.72 Å². The molecule has 1 aromatic rings. The molecule has 1 saturated heterocycles. The molecule has 0 spiro atoms. The lowest BCUT2D eigenvalue weighted by Crippen LogP contribution is -2.53. The van der Waals surface area contributed by atoms with Crippen molar-refractivity contribution in [1.82, 2.24) is 9.62 Å². The fourth-order valence-corrected chi connectivity index (χ4v) is 4.70. The summed E-state index contributed by atoms with van der Waals surface area (Å²) < 4.78 is 39.5. The van der Waals surface area contributed by atoms with Crippen LogP contribution in [0.4, 0.5) is 0 Å². The Balaban J connectivity index is 2.29. The Morgan fingerprint density at radius 1 is 1.22 bits per heavy atom. The minimum Gasteiger partial charge on any atom is -0.494 e. The Labute approximate surface area is 162 Å². The maximum absolute atomic E-state index is 13.0. The van der Waals surface area contributed by atoms with Crippen molar-refractivity contribution in [2.45, 2.75) is 45.6 Å². The van der Waals surface area contributed by atoms with Crippen LogP contribution in [0, 0.1) is 19.8 Å². The predicted molar refractivity (Wildman–Crippen MR) is 103 cm³/mol. The number of carbonyl (C=O) groups excluding carboxylic acids is 1. The second kappa shape index (κ2) is 9.03. The first kappa shape index (κ1) is 21.7. The Morgan fingerprint density at radius 2 is 1.85 bits per heavy atom. The lowest BCUT2D eigenvalue weighted by molar-refractivity contribution is -0.138. The van der Waals surface area contributed by atoms with Gasteiger partial charge in [0.25, 0.3) is 0 Å². The monoisotopic (exact) mass is 398 g/mol. The molecule has 1 amide bonds. The van der Waals surface area contributed by atoms with Gasteiger partial charge >= 0.3 is 0 Å². The first-order chi connectivity index (χ1) is 12.7. The fourth-order valence-electron chi connectivity index (χ4n) is 3.05. The lowest BCUT2D eigenvalue weighted by atomic mass is 10.0. The van der Waals surface area contributed by atoms with Gasteiger partial charge < -0.3 is 14.4 Å². The summed E-state index contributed by atoms with van der Waals surface area (Å²) >= 11 is 0. The number of carbonyl (C=O) groups is 1. The topological polar surface area (TPSA) is 84.9 Å². The number of morpholine rings is 1. The van der Waals surface area contributed by atoms with E-state index in [1.54, 1.807) is 24.0 Å². The molecule has 1 heterocycles. The summed E-state index contributed by atoms with van der Waals surface area (Å²) in [5.41, 5.74) is 1.32. The predicted octanol–water partition coefficient (Wildman–Crippen LogP) is 1.86. The molecule has 0 aliphatic carbocycles. The molecule has 27 heavy (non-hydrogen) atoms. The Bertz CT molecular complexity index is 771. The molecule has 152 valence electrons. The van der Waals surface area contributed by atoms with E-state index in [0.717, 1.165) is 5.56 Å². The molecule has 0 radical (unpaired) electrons. The fraction of sp³-hybridized carbons (Fsp3) is 0.632. The smallest absolute Gasteiger partial charge is 0.241 e. The van der Waals surface area contributed by atoms with Gasteiger partial charge in [0.2, 0.25) is 15.9 Å². The van der Waals surface area contributed by atoms with Gasteiger partial charge in [0.15, 0.2) is 0 Å². The van der Waals surface area contributed by atoms with Crippen molar-refractivity contribution in [2.75, 3.05) is 32.9 Å². The molecule has 1 aliphatic heterocycles. The molecule has 0 unspecified atom stereocenters. The third-order valence-corrected chi connectivity index (χ3v) is 6.18. The third kappa shape index (κ3) is 5.21. The van der Waals surface area contributed by atoms with Gasteiger partial charge in [-0.15, -0.1) is 0 Å². The van der Waals surface area contributed by atoms with E-state index in [1.165, 1.54) is 0 Å². The van der Waals surface area contributed by atoms with Gasteiger partial charge in [-0.25, -0.2) is 8.42 Å². The average Bonchev–Trinajstić information content (AvgIpc) is 2.62. The van der Waals surface area contributed by atoms with E-state index < -0.39 is 16.1 Å². The molecular formula is C19H30N2O5S. The highest BCUT2D eigenvalue weighted by Crippen LogP contribution is 2.26. The maximum atomic E-state index is 13.0. The van der Waals surface area contributed by atoms with Crippen LogP contribution in [0.2, 0.25) is 0 Å². The number of nitrogens with zero attached hydrogens (tertiary/aromatic N) is 1. The zero-order chi connectivity index (χ0) is 20.2. The first-order valence-electron chi connectivity index (χ1n) is 9.30. The highest BCUT2D eigenvalue weighted by atomic mass is 32.2. The van der Waals surface area contributed by atoms with E-state index in [2.05, 4.69) is 4.72 Å². The number of sulfonamides is 1. The Kier molecular flexibility index (Phi) is 7.25. The quantitative estimate of drug-likeness (QED) is 0.758. The van der Waals surface area contributed by atoms with Crippen LogP contribution in [0.15, 0.2) is 17.0 Å². The van der Waals surface area contributed by atoms with Crippen LogP contribution in [0.25, 0.3) is 0 Å². The number of hydrogen-bond donors (Lipinski definition) is 1. The highest BCUT2D eigenvalue weighted by molar-refractivity contribution is 7.89. The van der Waals surface area contributed by atoms with Crippen molar-refractivity contribution in [3.8, 4) is 5.75 Å². The number of hydrogen-bond acceptors (Lipinski definition) is 5. The minimum atomic E-state index is -3.86. The Morgan fingerprint density at radius 3 is 2.41 bits per heavy atom. The minimum absolute atomic E-state index is 0.170. The Hall–Kier alpha value is -1.64. The SMILES string of the molecule is CCOc1cc(C)c(S(=O)(=O)N[C@@H](C(=O)N2CCOCC2)C(C)C)cc1C. The van der Waals surface area contributed by atoms with E-state index in [0.29, 0.717) is 44.2 Å². The van der Waals surface area contributed by atoms with Crippen LogP contribution < -0.4 is 9.46 Å². The molecule has 1 aliphatic rings. The summed E-state index contributed by atoms with van der Waals surface area (Å²) in [6.07, 6.45) is 0. The second-order valence-corrected chi connectivity index (χ2v) is 8.78. The molecule has 2 rings (SSSR count). The highest BCUT2D eigenvalue weighted by Gasteiger charge is 2.33. The maximum Gasteiger partial charge on any atom is 0.241 e. The van der Waals surface area contributed by atoms with E-state index >= 15 is 0 Å².